The van der Waals surface area contributed by atoms with Crippen LogP contribution in [0.5, 0.6) is 0 Å². The Morgan fingerprint density at radius 3 is 2.78 bits per heavy atom. The molecule has 1 aromatic carbocycles. The summed E-state index contributed by atoms with van der Waals surface area (Å²) in [6, 6.07) is 4.31. The van der Waals surface area contributed by atoms with Gasteiger partial charge in [-0.1, -0.05) is 12.5 Å². The van der Waals surface area contributed by atoms with Crippen molar-refractivity contribution in [3.8, 4) is 0 Å². The highest BCUT2D eigenvalue weighted by atomic mass is 32.2. The quantitative estimate of drug-likeness (QED) is 0.481. The largest absolute Gasteiger partial charge is 0.465 e. The van der Waals surface area contributed by atoms with Gasteiger partial charge in [-0.3, -0.25) is 14.3 Å². The molecule has 1 fully saturated rings. The molecule has 3 unspecified atom stereocenters. The lowest BCUT2D eigenvalue weighted by Gasteiger charge is -2.32. The minimum Gasteiger partial charge on any atom is -0.465 e. The molecule has 3 rings (SSSR count). The summed E-state index contributed by atoms with van der Waals surface area (Å²) >= 11 is 0. The standard InChI is InChI=1S/C16H17NO5S/c1-22-16(18)12-5-10(6-13(7-12)17(19)20)11-8-14-3-2-4-15(9-11)23(14)21/h5-8,14-15H,2-4,9H2,1H3. The van der Waals surface area contributed by atoms with Gasteiger partial charge in [0.05, 0.1) is 22.8 Å². The molecule has 0 aliphatic carbocycles. The molecule has 0 amide bonds. The lowest BCUT2D eigenvalue weighted by atomic mass is 9.92. The Labute approximate surface area is 136 Å². The molecule has 2 bridgehead atoms. The number of esters is 1. The molecule has 7 heteroatoms. The summed E-state index contributed by atoms with van der Waals surface area (Å²) in [6.07, 6.45) is 5.45. The SMILES string of the molecule is COC(=O)c1cc(C2=CC3CCCC(C2)S3=O)cc([N+](=O)[O-])c1. The maximum absolute atomic E-state index is 12.3. The van der Waals surface area contributed by atoms with E-state index in [-0.39, 0.29) is 21.8 Å². The molecule has 1 aromatic rings. The van der Waals surface area contributed by atoms with E-state index in [9.17, 15) is 19.1 Å². The van der Waals surface area contributed by atoms with E-state index in [1.54, 1.807) is 6.07 Å². The molecule has 2 heterocycles. The van der Waals surface area contributed by atoms with E-state index in [2.05, 4.69) is 4.74 Å². The fraction of sp³-hybridized carbons (Fsp3) is 0.438. The first kappa shape index (κ1) is 15.9. The first-order valence-corrected chi connectivity index (χ1v) is 8.75. The molecule has 0 aromatic heterocycles. The lowest BCUT2D eigenvalue weighted by Crippen LogP contribution is -2.33. The zero-order valence-electron chi connectivity index (χ0n) is 12.7. The highest BCUT2D eigenvalue weighted by Crippen LogP contribution is 2.38. The van der Waals surface area contributed by atoms with Gasteiger partial charge in [0.1, 0.15) is 0 Å². The molecule has 122 valence electrons. The predicted octanol–water partition coefficient (Wildman–Crippen LogP) is 2.84. The van der Waals surface area contributed by atoms with Crippen molar-refractivity contribution in [3.05, 3.63) is 45.5 Å². The summed E-state index contributed by atoms with van der Waals surface area (Å²) < 4.78 is 16.9. The Hall–Kier alpha value is -2.02. The Morgan fingerprint density at radius 2 is 2.13 bits per heavy atom. The Morgan fingerprint density at radius 1 is 1.35 bits per heavy atom. The summed E-state index contributed by atoms with van der Waals surface area (Å²) in [6.45, 7) is 0. The van der Waals surface area contributed by atoms with Crippen molar-refractivity contribution >= 4 is 28.0 Å². The molecule has 0 spiro atoms. The van der Waals surface area contributed by atoms with Crippen LogP contribution in [0.1, 0.15) is 41.6 Å². The van der Waals surface area contributed by atoms with E-state index in [4.69, 9.17) is 0 Å². The zero-order chi connectivity index (χ0) is 16.6. The van der Waals surface area contributed by atoms with Gasteiger partial charge in [0.15, 0.2) is 0 Å². The molecule has 0 saturated carbocycles. The number of hydrogen-bond donors (Lipinski definition) is 0. The molecular weight excluding hydrogens is 318 g/mol. The molecule has 2 aliphatic rings. The van der Waals surface area contributed by atoms with Crippen molar-refractivity contribution in [2.75, 3.05) is 7.11 Å². The second-order valence-corrected chi connectivity index (χ2v) is 7.76. The number of non-ortho nitro benzene ring substituents is 1. The average Bonchev–Trinajstić information content (AvgIpc) is 2.53. The number of nitro benzene ring substituents is 1. The van der Waals surface area contributed by atoms with E-state index in [0.717, 1.165) is 24.8 Å². The molecule has 0 radical (unpaired) electrons. The molecule has 3 atom stereocenters. The van der Waals surface area contributed by atoms with Gasteiger partial charge in [-0.15, -0.1) is 0 Å². The van der Waals surface area contributed by atoms with Crippen LogP contribution < -0.4 is 0 Å². The Kier molecular flexibility index (Phi) is 4.30. The molecule has 6 nitrogen and oxygen atoms in total. The third kappa shape index (κ3) is 3.06. The Balaban J connectivity index is 2.05. The highest BCUT2D eigenvalue weighted by molar-refractivity contribution is 7.86. The fourth-order valence-corrected chi connectivity index (χ4v) is 5.18. The Bertz CT molecular complexity index is 727. The molecule has 2 aliphatic heterocycles. The number of carbonyl (C=O) groups is 1. The summed E-state index contributed by atoms with van der Waals surface area (Å²) in [5.41, 5.74) is 1.61. The van der Waals surface area contributed by atoms with Gasteiger partial charge in [0.25, 0.3) is 5.69 Å². The van der Waals surface area contributed by atoms with Crippen molar-refractivity contribution in [2.24, 2.45) is 0 Å². The predicted molar refractivity (Wildman–Crippen MR) is 86.6 cm³/mol. The number of allylic oxidation sites excluding steroid dienone is 1. The van der Waals surface area contributed by atoms with Gasteiger partial charge in [-0.2, -0.15) is 0 Å². The number of methoxy groups -OCH3 is 1. The number of rotatable bonds is 3. The van der Waals surface area contributed by atoms with Gasteiger partial charge in [-0.05, 0) is 36.5 Å². The number of nitro groups is 1. The summed E-state index contributed by atoms with van der Waals surface area (Å²) in [7, 11) is 0.382. The van der Waals surface area contributed by atoms with Gasteiger partial charge in [-0.25, -0.2) is 4.79 Å². The fourth-order valence-electron chi connectivity index (χ4n) is 3.25. The van der Waals surface area contributed by atoms with Crippen LogP contribution in [0, 0.1) is 10.1 Å². The van der Waals surface area contributed by atoms with Crippen LogP contribution >= 0.6 is 0 Å². The van der Waals surface area contributed by atoms with Gasteiger partial charge >= 0.3 is 5.97 Å². The van der Waals surface area contributed by atoms with E-state index in [0.29, 0.717) is 12.0 Å². The monoisotopic (exact) mass is 335 g/mol. The second kappa shape index (κ2) is 6.23. The van der Waals surface area contributed by atoms with Gasteiger partial charge < -0.3 is 4.74 Å². The second-order valence-electron chi connectivity index (χ2n) is 5.83. The minimum atomic E-state index is -0.862. The van der Waals surface area contributed by atoms with Crippen LogP contribution in [0.4, 0.5) is 5.69 Å². The molecule has 0 N–H and O–H groups in total. The number of hydrogen-bond acceptors (Lipinski definition) is 5. The van der Waals surface area contributed by atoms with Crippen molar-refractivity contribution in [2.45, 2.75) is 36.2 Å². The van der Waals surface area contributed by atoms with Gasteiger partial charge in [0.2, 0.25) is 0 Å². The van der Waals surface area contributed by atoms with Crippen LogP contribution in [0.15, 0.2) is 24.3 Å². The third-order valence-corrected chi connectivity index (χ3v) is 6.42. The van der Waals surface area contributed by atoms with E-state index in [1.807, 2.05) is 6.08 Å². The molecule has 1 saturated heterocycles. The van der Waals surface area contributed by atoms with Crippen LogP contribution in [-0.4, -0.2) is 32.7 Å². The highest BCUT2D eigenvalue weighted by Gasteiger charge is 2.34. The minimum absolute atomic E-state index is 0.0124. The number of fused-ring (bicyclic) bond motifs is 2. The van der Waals surface area contributed by atoms with Gasteiger partial charge in [0, 0.05) is 28.2 Å². The number of carbonyl (C=O) groups excluding carboxylic acids is 1. The normalized spacial score (nSPS) is 26.3. The van der Waals surface area contributed by atoms with Crippen LogP contribution in [-0.2, 0) is 15.5 Å². The number of nitrogens with zero attached hydrogens (tertiary/aromatic N) is 1. The van der Waals surface area contributed by atoms with Crippen molar-refractivity contribution in [3.63, 3.8) is 0 Å². The van der Waals surface area contributed by atoms with E-state index < -0.39 is 21.7 Å². The summed E-state index contributed by atoms with van der Waals surface area (Å²) in [4.78, 5) is 22.4. The molecular formula is C16H17NO5S. The van der Waals surface area contributed by atoms with Crippen LogP contribution in [0.2, 0.25) is 0 Å². The maximum atomic E-state index is 12.3. The van der Waals surface area contributed by atoms with Crippen LogP contribution in [0.25, 0.3) is 5.57 Å². The molecule has 23 heavy (non-hydrogen) atoms. The zero-order valence-corrected chi connectivity index (χ0v) is 13.5. The van der Waals surface area contributed by atoms with Crippen molar-refractivity contribution in [1.29, 1.82) is 0 Å². The summed E-state index contributed by atoms with van der Waals surface area (Å²) in [5.74, 6) is -0.602. The third-order valence-electron chi connectivity index (χ3n) is 4.40. The van der Waals surface area contributed by atoms with E-state index >= 15 is 0 Å². The first-order valence-electron chi connectivity index (χ1n) is 7.48. The van der Waals surface area contributed by atoms with Crippen LogP contribution in [0.3, 0.4) is 0 Å². The topological polar surface area (TPSA) is 86.5 Å². The van der Waals surface area contributed by atoms with Crippen molar-refractivity contribution < 1.29 is 18.7 Å². The lowest BCUT2D eigenvalue weighted by molar-refractivity contribution is -0.384. The number of ether oxygens (including phenoxy) is 1. The smallest absolute Gasteiger partial charge is 0.338 e. The summed E-state index contributed by atoms with van der Waals surface area (Å²) in [5, 5.41) is 11.3. The maximum Gasteiger partial charge on any atom is 0.338 e. The van der Waals surface area contributed by atoms with Crippen molar-refractivity contribution in [1.82, 2.24) is 0 Å². The first-order chi connectivity index (χ1) is 11.0. The number of benzene rings is 1. The van der Waals surface area contributed by atoms with E-state index in [1.165, 1.54) is 19.2 Å². The average molecular weight is 335 g/mol.